The van der Waals surface area contributed by atoms with Crippen LogP contribution in [0.1, 0.15) is 20.7 Å². The zero-order valence-electron chi connectivity index (χ0n) is 17.7. The van der Waals surface area contributed by atoms with Gasteiger partial charge in [0.1, 0.15) is 11.5 Å². The smallest absolute Gasteiger partial charge is 0.262 e. The van der Waals surface area contributed by atoms with Crippen LogP contribution in [0.3, 0.4) is 0 Å². The highest BCUT2D eigenvalue weighted by molar-refractivity contribution is 6.05. The van der Waals surface area contributed by atoms with E-state index in [-0.39, 0.29) is 24.3 Å². The van der Waals surface area contributed by atoms with Crippen LogP contribution in [0.15, 0.2) is 72.8 Å². The number of carbonyl (C=O) groups is 3. The first kappa shape index (κ1) is 22.4. The van der Waals surface area contributed by atoms with Gasteiger partial charge in [0.15, 0.2) is 6.61 Å². The SMILES string of the molecule is CNC(=O)c1cccc(OCC(=O)Nc2ccc(C(=O)Nc3ccccc3OC)cc2)c1. The molecule has 0 aliphatic carbocycles. The summed E-state index contributed by atoms with van der Waals surface area (Å²) in [6.45, 7) is -0.229. The van der Waals surface area contributed by atoms with Crippen LogP contribution in [-0.2, 0) is 4.79 Å². The third kappa shape index (κ3) is 5.85. The number of nitrogens with one attached hydrogen (secondary N) is 3. The maximum Gasteiger partial charge on any atom is 0.262 e. The molecule has 0 unspecified atom stereocenters. The molecule has 3 N–H and O–H groups in total. The van der Waals surface area contributed by atoms with Crippen molar-refractivity contribution in [2.45, 2.75) is 0 Å². The molecule has 3 rings (SSSR count). The van der Waals surface area contributed by atoms with Gasteiger partial charge in [-0.3, -0.25) is 14.4 Å². The Hall–Kier alpha value is -4.33. The van der Waals surface area contributed by atoms with Gasteiger partial charge in [0.2, 0.25) is 0 Å². The van der Waals surface area contributed by atoms with Crippen molar-refractivity contribution >= 4 is 29.1 Å². The molecule has 3 aromatic carbocycles. The van der Waals surface area contributed by atoms with E-state index in [1.807, 2.05) is 6.07 Å². The quantitative estimate of drug-likeness (QED) is 0.505. The number of anilines is 2. The van der Waals surface area contributed by atoms with Gasteiger partial charge in [0, 0.05) is 23.9 Å². The average molecular weight is 433 g/mol. The van der Waals surface area contributed by atoms with E-state index in [0.717, 1.165) is 0 Å². The lowest BCUT2D eigenvalue weighted by molar-refractivity contribution is -0.118. The number of rotatable bonds is 8. The van der Waals surface area contributed by atoms with Gasteiger partial charge < -0.3 is 25.4 Å². The Labute approximate surface area is 185 Å². The number of hydrogen-bond donors (Lipinski definition) is 3. The number of methoxy groups -OCH3 is 1. The summed E-state index contributed by atoms with van der Waals surface area (Å²) in [5, 5.41) is 8.02. The van der Waals surface area contributed by atoms with Gasteiger partial charge in [-0.2, -0.15) is 0 Å². The first-order valence-electron chi connectivity index (χ1n) is 9.79. The molecule has 0 saturated carbocycles. The van der Waals surface area contributed by atoms with Crippen LogP contribution < -0.4 is 25.4 Å². The third-order valence-corrected chi connectivity index (χ3v) is 4.48. The molecule has 3 amide bonds. The molecule has 0 aromatic heterocycles. The van der Waals surface area contributed by atoms with Gasteiger partial charge in [-0.05, 0) is 54.6 Å². The van der Waals surface area contributed by atoms with E-state index in [0.29, 0.717) is 34.0 Å². The molecular formula is C24H23N3O5. The molecule has 0 fully saturated rings. The predicted molar refractivity (Wildman–Crippen MR) is 121 cm³/mol. The Morgan fingerprint density at radius 3 is 2.28 bits per heavy atom. The lowest BCUT2D eigenvalue weighted by Crippen LogP contribution is -2.21. The second-order valence-corrected chi connectivity index (χ2v) is 6.68. The second-order valence-electron chi connectivity index (χ2n) is 6.68. The standard InChI is InChI=1S/C24H23N3O5/c1-25-23(29)17-6-5-7-19(14-17)32-15-22(28)26-18-12-10-16(11-13-18)24(30)27-20-8-3-4-9-21(20)31-2/h3-14H,15H2,1-2H3,(H,25,29)(H,26,28)(H,27,30). The largest absolute Gasteiger partial charge is 0.495 e. The molecule has 0 aliphatic rings. The number of hydrogen-bond acceptors (Lipinski definition) is 5. The first-order valence-corrected chi connectivity index (χ1v) is 9.79. The first-order chi connectivity index (χ1) is 15.5. The minimum absolute atomic E-state index is 0.229. The van der Waals surface area contributed by atoms with Crippen molar-refractivity contribution in [3.05, 3.63) is 83.9 Å². The van der Waals surface area contributed by atoms with Crippen molar-refractivity contribution in [2.24, 2.45) is 0 Å². The van der Waals surface area contributed by atoms with Crippen molar-refractivity contribution in [1.82, 2.24) is 5.32 Å². The molecule has 0 aliphatic heterocycles. The normalized spacial score (nSPS) is 10.1. The van der Waals surface area contributed by atoms with Crippen LogP contribution in [0.5, 0.6) is 11.5 Å². The molecule has 0 bridgehead atoms. The zero-order chi connectivity index (χ0) is 22.9. The summed E-state index contributed by atoms with van der Waals surface area (Å²) in [5.74, 6) is 0.0539. The highest BCUT2D eigenvalue weighted by Gasteiger charge is 2.11. The van der Waals surface area contributed by atoms with Gasteiger partial charge in [-0.1, -0.05) is 18.2 Å². The molecule has 0 atom stereocenters. The number of benzene rings is 3. The molecule has 8 heteroatoms. The van der Waals surface area contributed by atoms with Crippen molar-refractivity contribution < 1.29 is 23.9 Å². The second kappa shape index (κ2) is 10.6. The van der Waals surface area contributed by atoms with Crippen LogP contribution in [0.2, 0.25) is 0 Å². The summed E-state index contributed by atoms with van der Waals surface area (Å²) in [4.78, 5) is 36.3. The average Bonchev–Trinajstić information content (AvgIpc) is 2.83. The highest BCUT2D eigenvalue weighted by Crippen LogP contribution is 2.24. The molecule has 32 heavy (non-hydrogen) atoms. The summed E-state index contributed by atoms with van der Waals surface area (Å²) in [5.41, 5.74) is 1.95. The summed E-state index contributed by atoms with van der Waals surface area (Å²) in [7, 11) is 3.07. The molecular weight excluding hydrogens is 410 g/mol. The predicted octanol–water partition coefficient (Wildman–Crippen LogP) is 3.32. The van der Waals surface area contributed by atoms with Gasteiger partial charge in [-0.25, -0.2) is 0 Å². The van der Waals surface area contributed by atoms with Crippen LogP contribution in [-0.4, -0.2) is 38.5 Å². The van der Waals surface area contributed by atoms with E-state index >= 15 is 0 Å². The lowest BCUT2D eigenvalue weighted by atomic mass is 10.2. The molecule has 0 radical (unpaired) electrons. The van der Waals surface area contributed by atoms with Crippen molar-refractivity contribution in [3.63, 3.8) is 0 Å². The van der Waals surface area contributed by atoms with Crippen molar-refractivity contribution in [3.8, 4) is 11.5 Å². The molecule has 0 saturated heterocycles. The van der Waals surface area contributed by atoms with E-state index < -0.39 is 0 Å². The van der Waals surface area contributed by atoms with E-state index in [4.69, 9.17) is 9.47 Å². The van der Waals surface area contributed by atoms with Gasteiger partial charge in [0.05, 0.1) is 12.8 Å². The highest BCUT2D eigenvalue weighted by atomic mass is 16.5. The van der Waals surface area contributed by atoms with Crippen LogP contribution in [0.25, 0.3) is 0 Å². The number of amides is 3. The molecule has 164 valence electrons. The Morgan fingerprint density at radius 2 is 1.56 bits per heavy atom. The topological polar surface area (TPSA) is 106 Å². The minimum Gasteiger partial charge on any atom is -0.495 e. The lowest BCUT2D eigenvalue weighted by Gasteiger charge is -2.11. The Morgan fingerprint density at radius 1 is 0.812 bits per heavy atom. The van der Waals surface area contributed by atoms with Gasteiger partial charge in [-0.15, -0.1) is 0 Å². The van der Waals surface area contributed by atoms with Crippen LogP contribution in [0, 0.1) is 0 Å². The maximum atomic E-state index is 12.5. The summed E-state index contributed by atoms with van der Waals surface area (Å²) < 4.78 is 10.7. The minimum atomic E-state index is -0.374. The molecule has 0 heterocycles. The Bertz CT molecular complexity index is 1110. The maximum absolute atomic E-state index is 12.5. The van der Waals surface area contributed by atoms with Crippen molar-refractivity contribution in [1.29, 1.82) is 0 Å². The van der Waals surface area contributed by atoms with E-state index in [2.05, 4.69) is 16.0 Å². The molecule has 3 aromatic rings. The number of ether oxygens (including phenoxy) is 2. The molecule has 8 nitrogen and oxygen atoms in total. The molecule has 0 spiro atoms. The number of para-hydroxylation sites is 2. The van der Waals surface area contributed by atoms with Gasteiger partial charge in [0.25, 0.3) is 17.7 Å². The van der Waals surface area contributed by atoms with E-state index in [1.54, 1.807) is 66.7 Å². The fourth-order valence-electron chi connectivity index (χ4n) is 2.86. The van der Waals surface area contributed by atoms with Crippen LogP contribution >= 0.6 is 0 Å². The Balaban J connectivity index is 1.54. The van der Waals surface area contributed by atoms with Crippen LogP contribution in [0.4, 0.5) is 11.4 Å². The Kier molecular flexibility index (Phi) is 7.42. The summed E-state index contributed by atoms with van der Waals surface area (Å²) in [6, 6.07) is 20.1. The van der Waals surface area contributed by atoms with Crippen molar-refractivity contribution in [2.75, 3.05) is 31.4 Å². The van der Waals surface area contributed by atoms with E-state index in [1.165, 1.54) is 14.2 Å². The fraction of sp³-hybridized carbons (Fsp3) is 0.125. The monoisotopic (exact) mass is 433 g/mol. The zero-order valence-corrected chi connectivity index (χ0v) is 17.7. The fourth-order valence-corrected chi connectivity index (χ4v) is 2.86. The number of carbonyl (C=O) groups excluding carboxylic acids is 3. The third-order valence-electron chi connectivity index (χ3n) is 4.48. The summed E-state index contributed by atoms with van der Waals surface area (Å²) in [6.07, 6.45) is 0. The van der Waals surface area contributed by atoms with Gasteiger partial charge >= 0.3 is 0 Å². The summed E-state index contributed by atoms with van der Waals surface area (Å²) >= 11 is 0. The van der Waals surface area contributed by atoms with E-state index in [9.17, 15) is 14.4 Å².